The summed E-state index contributed by atoms with van der Waals surface area (Å²) in [5.74, 6) is 0. The first-order chi connectivity index (χ1) is 9.81. The summed E-state index contributed by atoms with van der Waals surface area (Å²) in [5.41, 5.74) is 4.21. The number of thioether (sulfide) groups is 1. The highest BCUT2D eigenvalue weighted by Gasteiger charge is 2.09. The number of aromatic nitrogens is 3. The zero-order valence-electron chi connectivity index (χ0n) is 11.5. The van der Waals surface area contributed by atoms with Gasteiger partial charge in [0.05, 0.1) is 5.69 Å². The Morgan fingerprint density at radius 3 is 2.60 bits per heavy atom. The lowest BCUT2D eigenvalue weighted by atomic mass is 10.0. The number of benzene rings is 1. The van der Waals surface area contributed by atoms with Crippen LogP contribution in [0.15, 0.2) is 47.8 Å². The van der Waals surface area contributed by atoms with Crippen molar-refractivity contribution in [1.82, 2.24) is 15.0 Å². The van der Waals surface area contributed by atoms with Gasteiger partial charge in [-0.1, -0.05) is 49.0 Å². The number of hydrogen-bond donors (Lipinski definition) is 0. The number of nitrogens with zero attached hydrogens (tertiary/aromatic N) is 3. The Kier molecular flexibility index (Phi) is 3.65. The van der Waals surface area contributed by atoms with Crippen LogP contribution in [0.5, 0.6) is 0 Å². The van der Waals surface area contributed by atoms with Gasteiger partial charge in [-0.3, -0.25) is 0 Å². The van der Waals surface area contributed by atoms with Crippen LogP contribution in [0.2, 0.25) is 0 Å². The standard InChI is InChI=1S/C16H15N3S/c1-3-14-13(11-7-5-4-6-8-11)9-12-10-17-16(20-2)19-15(12)18-14/h4-10H,3H2,1-2H3. The van der Waals surface area contributed by atoms with Gasteiger partial charge in [0.15, 0.2) is 10.8 Å². The summed E-state index contributed by atoms with van der Waals surface area (Å²) in [4.78, 5) is 13.5. The summed E-state index contributed by atoms with van der Waals surface area (Å²) < 4.78 is 0. The maximum Gasteiger partial charge on any atom is 0.189 e. The monoisotopic (exact) mass is 281 g/mol. The minimum atomic E-state index is 0.763. The Morgan fingerprint density at radius 2 is 1.90 bits per heavy atom. The van der Waals surface area contributed by atoms with Crippen molar-refractivity contribution in [1.29, 1.82) is 0 Å². The van der Waals surface area contributed by atoms with E-state index in [1.165, 1.54) is 22.9 Å². The molecule has 0 saturated heterocycles. The summed E-state index contributed by atoms with van der Waals surface area (Å²) in [6.45, 7) is 2.12. The van der Waals surface area contributed by atoms with Crippen LogP contribution in [0.4, 0.5) is 0 Å². The van der Waals surface area contributed by atoms with Crippen LogP contribution >= 0.6 is 11.8 Å². The minimum absolute atomic E-state index is 0.763. The third kappa shape index (κ3) is 2.39. The van der Waals surface area contributed by atoms with Crippen LogP contribution in [-0.2, 0) is 6.42 Å². The third-order valence-corrected chi connectivity index (χ3v) is 3.79. The van der Waals surface area contributed by atoms with Crippen LogP contribution in [-0.4, -0.2) is 21.2 Å². The second-order valence-corrected chi connectivity index (χ2v) is 5.25. The van der Waals surface area contributed by atoms with E-state index in [0.29, 0.717) is 0 Å². The predicted molar refractivity (Wildman–Crippen MR) is 83.9 cm³/mol. The van der Waals surface area contributed by atoms with Crippen molar-refractivity contribution >= 4 is 22.8 Å². The topological polar surface area (TPSA) is 38.7 Å². The number of aryl methyl sites for hydroxylation is 1. The molecule has 0 amide bonds. The fraction of sp³-hybridized carbons (Fsp3) is 0.188. The normalized spacial score (nSPS) is 10.9. The van der Waals surface area contributed by atoms with Gasteiger partial charge in [0, 0.05) is 17.1 Å². The van der Waals surface area contributed by atoms with Crippen molar-refractivity contribution in [2.24, 2.45) is 0 Å². The first kappa shape index (κ1) is 13.1. The molecule has 0 aliphatic rings. The molecule has 2 aromatic heterocycles. The molecule has 0 atom stereocenters. The molecular weight excluding hydrogens is 266 g/mol. The molecule has 100 valence electrons. The maximum absolute atomic E-state index is 4.71. The number of fused-ring (bicyclic) bond motifs is 1. The molecule has 0 spiro atoms. The fourth-order valence-corrected chi connectivity index (χ4v) is 2.56. The van der Waals surface area contributed by atoms with Crippen LogP contribution in [0.3, 0.4) is 0 Å². The molecule has 0 bridgehead atoms. The first-order valence-electron chi connectivity index (χ1n) is 6.58. The highest BCUT2D eigenvalue weighted by molar-refractivity contribution is 7.98. The maximum atomic E-state index is 4.71. The lowest BCUT2D eigenvalue weighted by Crippen LogP contribution is -1.97. The molecule has 0 saturated carbocycles. The van der Waals surface area contributed by atoms with Gasteiger partial charge in [-0.2, -0.15) is 0 Å². The highest BCUT2D eigenvalue weighted by atomic mass is 32.2. The molecule has 0 unspecified atom stereocenters. The van der Waals surface area contributed by atoms with E-state index in [4.69, 9.17) is 4.98 Å². The Balaban J connectivity index is 2.22. The summed E-state index contributed by atoms with van der Waals surface area (Å²) in [5, 5.41) is 1.75. The number of pyridine rings is 1. The van der Waals surface area contributed by atoms with Crippen LogP contribution in [0.1, 0.15) is 12.6 Å². The van der Waals surface area contributed by atoms with Gasteiger partial charge in [-0.05, 0) is 24.3 Å². The van der Waals surface area contributed by atoms with Crippen molar-refractivity contribution in [2.45, 2.75) is 18.5 Å². The predicted octanol–water partition coefficient (Wildman–Crippen LogP) is 3.98. The fourth-order valence-electron chi connectivity index (χ4n) is 2.22. The molecule has 1 aromatic carbocycles. The molecule has 0 N–H and O–H groups in total. The van der Waals surface area contributed by atoms with Crippen LogP contribution in [0, 0.1) is 0 Å². The molecule has 0 aliphatic heterocycles. The van der Waals surface area contributed by atoms with E-state index in [1.807, 2.05) is 30.7 Å². The van der Waals surface area contributed by atoms with E-state index in [9.17, 15) is 0 Å². The Morgan fingerprint density at radius 1 is 1.10 bits per heavy atom. The average Bonchev–Trinajstić information content (AvgIpc) is 2.53. The van der Waals surface area contributed by atoms with Crippen molar-refractivity contribution in [3.63, 3.8) is 0 Å². The molecule has 3 rings (SSSR count). The summed E-state index contributed by atoms with van der Waals surface area (Å²) in [7, 11) is 0. The SMILES string of the molecule is CCc1nc2nc(SC)ncc2cc1-c1ccccc1. The Bertz CT molecular complexity index is 741. The molecule has 4 heteroatoms. The molecule has 0 aliphatic carbocycles. The van der Waals surface area contributed by atoms with Crippen molar-refractivity contribution in [3.8, 4) is 11.1 Å². The van der Waals surface area contributed by atoms with E-state index in [0.717, 1.165) is 28.3 Å². The van der Waals surface area contributed by atoms with Gasteiger partial charge in [-0.15, -0.1) is 0 Å². The van der Waals surface area contributed by atoms with Crippen molar-refractivity contribution in [2.75, 3.05) is 6.26 Å². The first-order valence-corrected chi connectivity index (χ1v) is 7.80. The van der Waals surface area contributed by atoms with Gasteiger partial charge in [0.1, 0.15) is 0 Å². The second kappa shape index (κ2) is 5.59. The number of hydrogen-bond acceptors (Lipinski definition) is 4. The highest BCUT2D eigenvalue weighted by Crippen LogP contribution is 2.26. The van der Waals surface area contributed by atoms with E-state index in [2.05, 4.69) is 35.1 Å². The van der Waals surface area contributed by atoms with Crippen molar-refractivity contribution < 1.29 is 0 Å². The Hall–Kier alpha value is -1.94. The van der Waals surface area contributed by atoms with Gasteiger partial charge in [-0.25, -0.2) is 15.0 Å². The molecule has 3 nitrogen and oxygen atoms in total. The minimum Gasteiger partial charge on any atom is -0.232 e. The van der Waals surface area contributed by atoms with E-state index < -0.39 is 0 Å². The summed E-state index contributed by atoms with van der Waals surface area (Å²) in [6, 6.07) is 12.5. The van der Waals surface area contributed by atoms with E-state index >= 15 is 0 Å². The molecule has 0 fully saturated rings. The molecule has 3 aromatic rings. The molecule has 0 radical (unpaired) electrons. The second-order valence-electron chi connectivity index (χ2n) is 4.47. The van der Waals surface area contributed by atoms with E-state index in [1.54, 1.807) is 0 Å². The largest absolute Gasteiger partial charge is 0.232 e. The smallest absolute Gasteiger partial charge is 0.189 e. The van der Waals surface area contributed by atoms with Crippen molar-refractivity contribution in [3.05, 3.63) is 48.3 Å². The zero-order valence-corrected chi connectivity index (χ0v) is 12.3. The average molecular weight is 281 g/mol. The Labute approximate surface area is 122 Å². The lowest BCUT2D eigenvalue weighted by Gasteiger charge is -2.09. The van der Waals surface area contributed by atoms with Crippen LogP contribution < -0.4 is 0 Å². The van der Waals surface area contributed by atoms with Gasteiger partial charge < -0.3 is 0 Å². The lowest BCUT2D eigenvalue weighted by molar-refractivity contribution is 0.972. The molecular formula is C16H15N3S. The molecule has 20 heavy (non-hydrogen) atoms. The van der Waals surface area contributed by atoms with Gasteiger partial charge in [0.2, 0.25) is 0 Å². The number of rotatable bonds is 3. The zero-order chi connectivity index (χ0) is 13.9. The summed E-state index contributed by atoms with van der Waals surface area (Å²) >= 11 is 1.54. The van der Waals surface area contributed by atoms with Gasteiger partial charge in [0.25, 0.3) is 0 Å². The molecule has 2 heterocycles. The third-order valence-electron chi connectivity index (χ3n) is 3.23. The van der Waals surface area contributed by atoms with E-state index in [-0.39, 0.29) is 0 Å². The van der Waals surface area contributed by atoms with Gasteiger partial charge >= 0.3 is 0 Å². The summed E-state index contributed by atoms with van der Waals surface area (Å²) in [6.07, 6.45) is 4.71. The van der Waals surface area contributed by atoms with Crippen LogP contribution in [0.25, 0.3) is 22.2 Å². The quantitative estimate of drug-likeness (QED) is 0.538.